The van der Waals surface area contributed by atoms with Crippen molar-refractivity contribution in [1.82, 2.24) is 9.97 Å². The van der Waals surface area contributed by atoms with Crippen molar-refractivity contribution >= 4 is 5.69 Å². The third-order valence-electron chi connectivity index (χ3n) is 1.83. The molecule has 0 aliphatic rings. The van der Waals surface area contributed by atoms with Gasteiger partial charge in [0.1, 0.15) is 0 Å². The van der Waals surface area contributed by atoms with Gasteiger partial charge in [0.05, 0.1) is 11.4 Å². The molecule has 0 aromatic carbocycles. The average molecular weight is 197 g/mol. The van der Waals surface area contributed by atoms with E-state index >= 15 is 0 Å². The number of azide groups is 1. The molecule has 0 bridgehead atoms. The second-order valence-corrected chi connectivity index (χ2v) is 2.80. The number of hydrogen-bond donors (Lipinski definition) is 0. The fourth-order valence-corrected chi connectivity index (χ4v) is 1.19. The van der Waals surface area contributed by atoms with E-state index < -0.39 is 0 Å². The number of pyridine rings is 2. The van der Waals surface area contributed by atoms with Crippen molar-refractivity contribution < 1.29 is 0 Å². The standard InChI is InChI=1S/C10H7N5/c11-15-14-8-4-6-13-10(7-8)9-3-1-2-5-12-9/h1-7H. The van der Waals surface area contributed by atoms with Crippen molar-refractivity contribution in [3.63, 3.8) is 0 Å². The number of nitrogens with zero attached hydrogens (tertiary/aromatic N) is 5. The van der Waals surface area contributed by atoms with E-state index in [1.165, 1.54) is 0 Å². The van der Waals surface area contributed by atoms with Gasteiger partial charge < -0.3 is 0 Å². The summed E-state index contributed by atoms with van der Waals surface area (Å²) in [6.07, 6.45) is 3.28. The molecule has 0 saturated heterocycles. The van der Waals surface area contributed by atoms with Gasteiger partial charge in [0.2, 0.25) is 0 Å². The van der Waals surface area contributed by atoms with Crippen LogP contribution in [0.1, 0.15) is 0 Å². The van der Waals surface area contributed by atoms with Gasteiger partial charge >= 0.3 is 0 Å². The minimum atomic E-state index is 0.535. The van der Waals surface area contributed by atoms with E-state index in [9.17, 15) is 0 Å². The van der Waals surface area contributed by atoms with Crippen LogP contribution in [0.3, 0.4) is 0 Å². The smallest absolute Gasteiger partial charge is 0.0890 e. The Hall–Kier alpha value is -2.39. The van der Waals surface area contributed by atoms with Crippen LogP contribution >= 0.6 is 0 Å². The second kappa shape index (κ2) is 4.21. The molecule has 2 aromatic heterocycles. The van der Waals surface area contributed by atoms with Crippen LogP contribution < -0.4 is 0 Å². The maximum absolute atomic E-state index is 8.30. The summed E-state index contributed by atoms with van der Waals surface area (Å²) in [5.74, 6) is 0. The Labute approximate surface area is 86.1 Å². The van der Waals surface area contributed by atoms with E-state index in [2.05, 4.69) is 20.0 Å². The maximum Gasteiger partial charge on any atom is 0.0890 e. The quantitative estimate of drug-likeness (QED) is 0.421. The SMILES string of the molecule is [N-]=[N+]=Nc1ccnc(-c2ccccn2)c1. The van der Waals surface area contributed by atoms with Gasteiger partial charge in [0.15, 0.2) is 0 Å². The van der Waals surface area contributed by atoms with Gasteiger partial charge in [0.25, 0.3) is 0 Å². The predicted octanol–water partition coefficient (Wildman–Crippen LogP) is 3.09. The van der Waals surface area contributed by atoms with Crippen molar-refractivity contribution in [3.05, 3.63) is 53.2 Å². The van der Waals surface area contributed by atoms with E-state index in [-0.39, 0.29) is 0 Å². The van der Waals surface area contributed by atoms with Crippen LogP contribution in [-0.4, -0.2) is 9.97 Å². The number of hydrogen-bond acceptors (Lipinski definition) is 3. The molecule has 0 unspecified atom stereocenters. The largest absolute Gasteiger partial charge is 0.255 e. The summed E-state index contributed by atoms with van der Waals surface area (Å²) in [6.45, 7) is 0. The molecule has 0 N–H and O–H groups in total. The van der Waals surface area contributed by atoms with Crippen molar-refractivity contribution in [2.24, 2.45) is 5.11 Å². The summed E-state index contributed by atoms with van der Waals surface area (Å²) in [5, 5.41) is 3.51. The first-order chi connectivity index (χ1) is 7.40. The van der Waals surface area contributed by atoms with Gasteiger partial charge in [-0.05, 0) is 29.8 Å². The second-order valence-electron chi connectivity index (χ2n) is 2.80. The summed E-state index contributed by atoms with van der Waals surface area (Å²) in [4.78, 5) is 11.0. The van der Waals surface area contributed by atoms with Crippen molar-refractivity contribution in [1.29, 1.82) is 0 Å². The molecule has 0 aliphatic carbocycles. The molecule has 0 saturated carbocycles. The summed E-state index contributed by atoms with van der Waals surface area (Å²) in [7, 11) is 0. The number of aromatic nitrogens is 2. The lowest BCUT2D eigenvalue weighted by Gasteiger charge is -1.99. The molecule has 0 spiro atoms. The van der Waals surface area contributed by atoms with E-state index in [1.807, 2.05) is 18.2 Å². The normalized spacial score (nSPS) is 9.33. The molecule has 15 heavy (non-hydrogen) atoms. The van der Waals surface area contributed by atoms with Gasteiger partial charge in [-0.1, -0.05) is 11.2 Å². The fraction of sp³-hybridized carbons (Fsp3) is 0. The zero-order chi connectivity index (χ0) is 10.5. The molecule has 0 radical (unpaired) electrons. The topological polar surface area (TPSA) is 74.5 Å². The summed E-state index contributed by atoms with van der Waals surface area (Å²) in [5.41, 5.74) is 10.3. The first-order valence-corrected chi connectivity index (χ1v) is 4.33. The fourth-order valence-electron chi connectivity index (χ4n) is 1.19. The zero-order valence-electron chi connectivity index (χ0n) is 7.78. The summed E-state index contributed by atoms with van der Waals surface area (Å²) in [6, 6.07) is 8.90. The first-order valence-electron chi connectivity index (χ1n) is 4.33. The van der Waals surface area contributed by atoms with Crippen LogP contribution in [0.4, 0.5) is 5.69 Å². The van der Waals surface area contributed by atoms with Gasteiger partial charge in [0, 0.05) is 23.0 Å². The third-order valence-corrected chi connectivity index (χ3v) is 1.83. The summed E-state index contributed by atoms with van der Waals surface area (Å²) >= 11 is 0. The molecule has 0 aliphatic heterocycles. The van der Waals surface area contributed by atoms with Crippen molar-refractivity contribution in [2.75, 3.05) is 0 Å². The lowest BCUT2D eigenvalue weighted by Crippen LogP contribution is -1.84. The minimum absolute atomic E-state index is 0.535. The molecule has 5 nitrogen and oxygen atoms in total. The van der Waals surface area contributed by atoms with Gasteiger partial charge in [-0.3, -0.25) is 9.97 Å². The molecular weight excluding hydrogens is 190 g/mol. The predicted molar refractivity (Wildman–Crippen MR) is 56.3 cm³/mol. The summed E-state index contributed by atoms with van der Waals surface area (Å²) < 4.78 is 0. The Bertz CT molecular complexity index is 502. The van der Waals surface area contributed by atoms with Crippen LogP contribution in [0.15, 0.2) is 47.8 Å². The Morgan fingerprint density at radius 3 is 2.67 bits per heavy atom. The molecule has 72 valence electrons. The Kier molecular flexibility index (Phi) is 2.58. The highest BCUT2D eigenvalue weighted by Gasteiger charge is 1.99. The highest BCUT2D eigenvalue weighted by Crippen LogP contribution is 2.19. The van der Waals surface area contributed by atoms with Crippen molar-refractivity contribution in [3.8, 4) is 11.4 Å². The van der Waals surface area contributed by atoms with E-state index in [0.29, 0.717) is 11.4 Å². The van der Waals surface area contributed by atoms with Crippen LogP contribution in [0.25, 0.3) is 21.8 Å². The van der Waals surface area contributed by atoms with Crippen LogP contribution in [-0.2, 0) is 0 Å². The lowest BCUT2D eigenvalue weighted by molar-refractivity contribution is 1.24. The Morgan fingerprint density at radius 2 is 1.93 bits per heavy atom. The highest BCUT2D eigenvalue weighted by molar-refractivity contribution is 5.58. The number of rotatable bonds is 2. The van der Waals surface area contributed by atoms with E-state index in [1.54, 1.807) is 24.5 Å². The molecule has 0 atom stereocenters. The first kappa shape index (κ1) is 9.18. The van der Waals surface area contributed by atoms with E-state index in [4.69, 9.17) is 5.53 Å². The van der Waals surface area contributed by atoms with Crippen LogP contribution in [0.5, 0.6) is 0 Å². The van der Waals surface area contributed by atoms with Crippen molar-refractivity contribution in [2.45, 2.75) is 0 Å². The monoisotopic (exact) mass is 197 g/mol. The van der Waals surface area contributed by atoms with Crippen LogP contribution in [0.2, 0.25) is 0 Å². The Morgan fingerprint density at radius 1 is 1.07 bits per heavy atom. The average Bonchev–Trinajstić information content (AvgIpc) is 2.31. The highest BCUT2D eigenvalue weighted by atomic mass is 15.1. The molecular formula is C10H7N5. The van der Waals surface area contributed by atoms with Gasteiger partial charge in [-0.2, -0.15) is 0 Å². The maximum atomic E-state index is 8.30. The third kappa shape index (κ3) is 2.10. The van der Waals surface area contributed by atoms with E-state index in [0.717, 1.165) is 5.69 Å². The lowest BCUT2D eigenvalue weighted by atomic mass is 10.2. The van der Waals surface area contributed by atoms with Gasteiger partial charge in [-0.15, -0.1) is 0 Å². The molecule has 2 rings (SSSR count). The van der Waals surface area contributed by atoms with Gasteiger partial charge in [-0.25, -0.2) is 0 Å². The molecule has 2 aromatic rings. The Balaban J connectivity index is 2.46. The molecule has 0 fully saturated rings. The minimum Gasteiger partial charge on any atom is -0.255 e. The molecule has 0 amide bonds. The molecule has 2 heterocycles. The zero-order valence-corrected chi connectivity index (χ0v) is 7.78. The van der Waals surface area contributed by atoms with Crippen LogP contribution in [0, 0.1) is 0 Å². The molecule has 5 heteroatoms.